The number of nitrogens with zero attached hydrogens (tertiary/aromatic N) is 1. The summed E-state index contributed by atoms with van der Waals surface area (Å²) in [6, 6.07) is 9.01. The van der Waals surface area contributed by atoms with E-state index in [2.05, 4.69) is 5.32 Å². The highest BCUT2D eigenvalue weighted by Gasteiger charge is 2.16. The van der Waals surface area contributed by atoms with Gasteiger partial charge in [0, 0.05) is 11.8 Å². The molecule has 0 aliphatic rings. The van der Waals surface area contributed by atoms with E-state index >= 15 is 0 Å². The number of benzene rings is 2. The molecule has 108 valence electrons. The number of carboxylic acid groups (broad SMARTS) is 1. The molecule has 0 bridgehead atoms. The van der Waals surface area contributed by atoms with E-state index in [9.17, 15) is 14.9 Å². The van der Waals surface area contributed by atoms with E-state index in [-0.39, 0.29) is 16.3 Å². The van der Waals surface area contributed by atoms with Crippen molar-refractivity contribution in [1.29, 1.82) is 0 Å². The van der Waals surface area contributed by atoms with Crippen molar-refractivity contribution in [1.82, 2.24) is 0 Å². The van der Waals surface area contributed by atoms with Crippen LogP contribution < -0.4 is 5.32 Å². The standard InChI is InChI=1S/C14H11ClN2O4/c1-8-3-2-4-12(17(20)21)13(8)16-9-5-6-11(15)10(7-9)14(18)19/h2-7,16H,1H3,(H,18,19). The second-order valence-electron chi connectivity index (χ2n) is 4.35. The highest BCUT2D eigenvalue weighted by atomic mass is 35.5. The molecule has 0 aromatic heterocycles. The number of para-hydroxylation sites is 1. The van der Waals surface area contributed by atoms with Gasteiger partial charge in [0.05, 0.1) is 15.5 Å². The molecule has 0 radical (unpaired) electrons. The van der Waals surface area contributed by atoms with Gasteiger partial charge in [-0.1, -0.05) is 23.7 Å². The number of aryl methyl sites for hydroxylation is 1. The number of anilines is 2. The second-order valence-corrected chi connectivity index (χ2v) is 4.76. The van der Waals surface area contributed by atoms with E-state index in [4.69, 9.17) is 16.7 Å². The molecule has 0 fully saturated rings. The lowest BCUT2D eigenvalue weighted by molar-refractivity contribution is -0.384. The summed E-state index contributed by atoms with van der Waals surface area (Å²) in [6.45, 7) is 1.73. The van der Waals surface area contributed by atoms with Gasteiger partial charge in [0.1, 0.15) is 5.69 Å². The number of rotatable bonds is 4. The van der Waals surface area contributed by atoms with Crippen molar-refractivity contribution in [3.63, 3.8) is 0 Å². The minimum atomic E-state index is -1.16. The SMILES string of the molecule is Cc1cccc([N+](=O)[O-])c1Nc1ccc(Cl)c(C(=O)O)c1. The highest BCUT2D eigenvalue weighted by molar-refractivity contribution is 6.33. The van der Waals surface area contributed by atoms with Crippen molar-refractivity contribution in [3.8, 4) is 0 Å². The van der Waals surface area contributed by atoms with Crippen molar-refractivity contribution in [2.45, 2.75) is 6.92 Å². The predicted octanol–water partition coefficient (Wildman–Crippen LogP) is 4.00. The van der Waals surface area contributed by atoms with Crippen molar-refractivity contribution >= 4 is 34.6 Å². The van der Waals surface area contributed by atoms with Gasteiger partial charge in [-0.2, -0.15) is 0 Å². The van der Waals surface area contributed by atoms with Crippen LogP contribution in [-0.4, -0.2) is 16.0 Å². The van der Waals surface area contributed by atoms with E-state index in [0.29, 0.717) is 16.9 Å². The lowest BCUT2D eigenvalue weighted by Crippen LogP contribution is -2.02. The smallest absolute Gasteiger partial charge is 0.337 e. The molecule has 0 amide bonds. The molecule has 0 aliphatic heterocycles. The second kappa shape index (κ2) is 5.80. The summed E-state index contributed by atoms with van der Waals surface area (Å²) in [6.07, 6.45) is 0. The summed E-state index contributed by atoms with van der Waals surface area (Å²) >= 11 is 5.79. The molecule has 6 nitrogen and oxygen atoms in total. The summed E-state index contributed by atoms with van der Waals surface area (Å²) in [5, 5.41) is 23.1. The first-order chi connectivity index (χ1) is 9.90. The molecule has 7 heteroatoms. The third kappa shape index (κ3) is 3.11. The molecule has 0 heterocycles. The molecule has 0 atom stereocenters. The van der Waals surface area contributed by atoms with E-state index in [1.165, 1.54) is 18.2 Å². The first kappa shape index (κ1) is 14.8. The summed E-state index contributed by atoms with van der Waals surface area (Å²) in [5.41, 5.74) is 1.26. The van der Waals surface area contributed by atoms with E-state index in [0.717, 1.165) is 0 Å². The van der Waals surface area contributed by atoms with Gasteiger partial charge in [-0.3, -0.25) is 10.1 Å². The van der Waals surface area contributed by atoms with Crippen molar-refractivity contribution < 1.29 is 14.8 Å². The van der Waals surface area contributed by atoms with Gasteiger partial charge in [0.25, 0.3) is 5.69 Å². The lowest BCUT2D eigenvalue weighted by Gasteiger charge is -2.11. The molecule has 0 unspecified atom stereocenters. The predicted molar refractivity (Wildman–Crippen MR) is 79.5 cm³/mol. The zero-order valence-electron chi connectivity index (χ0n) is 11.0. The third-order valence-electron chi connectivity index (χ3n) is 2.91. The van der Waals surface area contributed by atoms with Crippen LogP contribution in [0.2, 0.25) is 5.02 Å². The van der Waals surface area contributed by atoms with Crippen LogP contribution in [0.4, 0.5) is 17.1 Å². The molecule has 2 N–H and O–H groups in total. The van der Waals surface area contributed by atoms with Crippen LogP contribution in [0.25, 0.3) is 0 Å². The summed E-state index contributed by atoms with van der Waals surface area (Å²) < 4.78 is 0. The quantitative estimate of drug-likeness (QED) is 0.658. The zero-order valence-corrected chi connectivity index (χ0v) is 11.7. The number of halogens is 1. The normalized spacial score (nSPS) is 10.2. The first-order valence-electron chi connectivity index (χ1n) is 5.94. The Kier molecular flexibility index (Phi) is 4.09. The Labute approximate surface area is 125 Å². The summed E-state index contributed by atoms with van der Waals surface area (Å²) in [5.74, 6) is -1.16. The van der Waals surface area contributed by atoms with Gasteiger partial charge in [-0.25, -0.2) is 4.79 Å². The van der Waals surface area contributed by atoms with E-state index in [1.807, 2.05) is 0 Å². The first-order valence-corrected chi connectivity index (χ1v) is 6.32. The average Bonchev–Trinajstić information content (AvgIpc) is 2.42. The van der Waals surface area contributed by atoms with E-state index < -0.39 is 10.9 Å². The van der Waals surface area contributed by atoms with Gasteiger partial charge in [0.2, 0.25) is 0 Å². The fourth-order valence-electron chi connectivity index (χ4n) is 1.88. The molecule has 0 saturated carbocycles. The molecule has 0 saturated heterocycles. The number of nitrogens with one attached hydrogen (secondary N) is 1. The van der Waals surface area contributed by atoms with Crippen LogP contribution >= 0.6 is 11.6 Å². The minimum absolute atomic E-state index is 0.0714. The van der Waals surface area contributed by atoms with Crippen LogP contribution in [0, 0.1) is 17.0 Å². The fourth-order valence-corrected chi connectivity index (χ4v) is 2.08. The Morgan fingerprint density at radius 3 is 2.67 bits per heavy atom. The number of nitro groups is 1. The average molecular weight is 307 g/mol. The van der Waals surface area contributed by atoms with Gasteiger partial charge in [0.15, 0.2) is 0 Å². The highest BCUT2D eigenvalue weighted by Crippen LogP contribution is 2.31. The number of carbonyl (C=O) groups is 1. The van der Waals surface area contributed by atoms with Gasteiger partial charge < -0.3 is 10.4 Å². The Hall–Kier alpha value is -2.60. The molecular formula is C14H11ClN2O4. The van der Waals surface area contributed by atoms with Crippen LogP contribution in [0.1, 0.15) is 15.9 Å². The van der Waals surface area contributed by atoms with Crippen molar-refractivity contribution in [3.05, 3.63) is 62.7 Å². The maximum absolute atomic E-state index is 11.0. The molecule has 2 rings (SSSR count). The van der Waals surface area contributed by atoms with Gasteiger partial charge in [-0.15, -0.1) is 0 Å². The van der Waals surface area contributed by atoms with Crippen LogP contribution in [-0.2, 0) is 0 Å². The van der Waals surface area contributed by atoms with Crippen molar-refractivity contribution in [2.75, 3.05) is 5.32 Å². The van der Waals surface area contributed by atoms with Crippen LogP contribution in [0.15, 0.2) is 36.4 Å². The lowest BCUT2D eigenvalue weighted by atomic mass is 10.1. The maximum Gasteiger partial charge on any atom is 0.337 e. The molecule has 21 heavy (non-hydrogen) atoms. The zero-order chi connectivity index (χ0) is 15.6. The molecule has 0 aliphatic carbocycles. The number of carboxylic acids is 1. The van der Waals surface area contributed by atoms with Gasteiger partial charge >= 0.3 is 5.97 Å². The van der Waals surface area contributed by atoms with Crippen LogP contribution in [0.5, 0.6) is 0 Å². The largest absolute Gasteiger partial charge is 0.478 e. The minimum Gasteiger partial charge on any atom is -0.478 e. The number of nitro benzene ring substituents is 1. The fraction of sp³-hybridized carbons (Fsp3) is 0.0714. The number of aromatic carboxylic acids is 1. The topological polar surface area (TPSA) is 92.5 Å². The molecule has 2 aromatic carbocycles. The van der Waals surface area contributed by atoms with Crippen LogP contribution in [0.3, 0.4) is 0 Å². The monoisotopic (exact) mass is 306 g/mol. The Morgan fingerprint density at radius 2 is 2.05 bits per heavy atom. The maximum atomic E-state index is 11.0. The Balaban J connectivity index is 2.46. The third-order valence-corrected chi connectivity index (χ3v) is 3.24. The molecule has 2 aromatic rings. The molecular weight excluding hydrogens is 296 g/mol. The molecule has 0 spiro atoms. The Bertz CT molecular complexity index is 731. The van der Waals surface area contributed by atoms with E-state index in [1.54, 1.807) is 25.1 Å². The van der Waals surface area contributed by atoms with Gasteiger partial charge in [-0.05, 0) is 30.7 Å². The number of hydrogen-bond donors (Lipinski definition) is 2. The number of hydrogen-bond acceptors (Lipinski definition) is 4. The summed E-state index contributed by atoms with van der Waals surface area (Å²) in [4.78, 5) is 21.6. The summed E-state index contributed by atoms with van der Waals surface area (Å²) in [7, 11) is 0. The Morgan fingerprint density at radius 1 is 1.33 bits per heavy atom. The van der Waals surface area contributed by atoms with Crippen molar-refractivity contribution in [2.24, 2.45) is 0 Å².